The van der Waals surface area contributed by atoms with E-state index in [2.05, 4.69) is 22.2 Å². The molecule has 3 aromatic carbocycles. The standard InChI is InChI=1S/C23H20N2O3S/c26-23(15-6-11-20(12-7-15)29(27,28)25-18-9-10-18)24-19-8-5-17-13-16-3-1-2-4-21(16)22(17)14-19/h1-8,11-12,14,18,25H,9-10,13H2,(H,24,26). The van der Waals surface area contributed by atoms with E-state index in [1.807, 2.05) is 30.3 Å². The summed E-state index contributed by atoms with van der Waals surface area (Å²) in [6.45, 7) is 0. The molecule has 0 atom stereocenters. The Bertz CT molecular complexity index is 1210. The molecule has 0 radical (unpaired) electrons. The molecule has 0 aliphatic heterocycles. The summed E-state index contributed by atoms with van der Waals surface area (Å²) in [5.74, 6) is -0.268. The van der Waals surface area contributed by atoms with Crippen molar-refractivity contribution in [1.29, 1.82) is 0 Å². The molecule has 5 rings (SSSR count). The van der Waals surface area contributed by atoms with Crippen LogP contribution in [0, 0.1) is 0 Å². The van der Waals surface area contributed by atoms with Crippen molar-refractivity contribution in [2.45, 2.75) is 30.2 Å². The first-order chi connectivity index (χ1) is 14.0. The van der Waals surface area contributed by atoms with Gasteiger partial charge >= 0.3 is 0 Å². The maximum Gasteiger partial charge on any atom is 0.255 e. The van der Waals surface area contributed by atoms with Gasteiger partial charge in [0.15, 0.2) is 0 Å². The van der Waals surface area contributed by atoms with Crippen molar-refractivity contribution in [3.05, 3.63) is 83.4 Å². The van der Waals surface area contributed by atoms with Crippen molar-refractivity contribution in [2.24, 2.45) is 0 Å². The number of anilines is 1. The number of amides is 1. The van der Waals surface area contributed by atoms with Crippen LogP contribution in [-0.4, -0.2) is 20.4 Å². The average Bonchev–Trinajstić information content (AvgIpc) is 3.45. The topological polar surface area (TPSA) is 75.3 Å². The highest BCUT2D eigenvalue weighted by Gasteiger charge is 2.28. The largest absolute Gasteiger partial charge is 0.322 e. The van der Waals surface area contributed by atoms with Crippen LogP contribution in [0.3, 0.4) is 0 Å². The summed E-state index contributed by atoms with van der Waals surface area (Å²) in [4.78, 5) is 12.8. The van der Waals surface area contributed by atoms with Gasteiger partial charge in [0.2, 0.25) is 10.0 Å². The monoisotopic (exact) mass is 404 g/mol. The van der Waals surface area contributed by atoms with E-state index in [-0.39, 0.29) is 16.8 Å². The van der Waals surface area contributed by atoms with Gasteiger partial charge in [-0.3, -0.25) is 4.79 Å². The summed E-state index contributed by atoms with van der Waals surface area (Å²) in [6.07, 6.45) is 2.67. The minimum absolute atomic E-state index is 0.0490. The average molecular weight is 404 g/mol. The molecule has 1 saturated carbocycles. The van der Waals surface area contributed by atoms with Crippen molar-refractivity contribution < 1.29 is 13.2 Å². The number of benzene rings is 3. The van der Waals surface area contributed by atoms with Gasteiger partial charge in [-0.25, -0.2) is 13.1 Å². The Labute approximate surface area is 169 Å². The number of nitrogens with one attached hydrogen (secondary N) is 2. The van der Waals surface area contributed by atoms with Crippen LogP contribution < -0.4 is 10.0 Å². The fourth-order valence-corrected chi connectivity index (χ4v) is 4.98. The first-order valence-electron chi connectivity index (χ1n) is 9.64. The third-order valence-corrected chi connectivity index (χ3v) is 6.92. The normalized spacial score (nSPS) is 14.9. The Morgan fingerprint density at radius 2 is 1.59 bits per heavy atom. The molecular formula is C23H20N2O3S. The molecule has 0 aromatic heterocycles. The zero-order chi connectivity index (χ0) is 20.0. The van der Waals surface area contributed by atoms with E-state index in [9.17, 15) is 13.2 Å². The van der Waals surface area contributed by atoms with Crippen LogP contribution in [0.5, 0.6) is 0 Å². The number of carbonyl (C=O) groups excluding carboxylic acids is 1. The first kappa shape index (κ1) is 18.1. The quantitative estimate of drug-likeness (QED) is 0.529. The lowest BCUT2D eigenvalue weighted by atomic mass is 10.1. The van der Waals surface area contributed by atoms with Crippen LogP contribution in [0.4, 0.5) is 5.69 Å². The van der Waals surface area contributed by atoms with Crippen molar-refractivity contribution in [3.63, 3.8) is 0 Å². The van der Waals surface area contributed by atoms with Gasteiger partial charge in [-0.1, -0.05) is 30.3 Å². The summed E-state index contributed by atoms with van der Waals surface area (Å²) in [5, 5.41) is 2.92. The molecule has 5 nitrogen and oxygen atoms in total. The summed E-state index contributed by atoms with van der Waals surface area (Å²) in [7, 11) is -3.52. The van der Waals surface area contributed by atoms with Gasteiger partial charge in [0.25, 0.3) is 5.91 Å². The maximum atomic E-state index is 12.6. The molecule has 6 heteroatoms. The molecule has 29 heavy (non-hydrogen) atoms. The zero-order valence-corrected chi connectivity index (χ0v) is 16.5. The Balaban J connectivity index is 1.34. The third-order valence-electron chi connectivity index (χ3n) is 5.38. The second-order valence-electron chi connectivity index (χ2n) is 7.58. The third kappa shape index (κ3) is 3.57. The van der Waals surface area contributed by atoms with E-state index >= 15 is 0 Å². The number of carbonyl (C=O) groups is 1. The maximum absolute atomic E-state index is 12.6. The minimum Gasteiger partial charge on any atom is -0.322 e. The molecule has 2 aliphatic rings. The second-order valence-corrected chi connectivity index (χ2v) is 9.29. The van der Waals surface area contributed by atoms with E-state index in [1.54, 1.807) is 12.1 Å². The summed E-state index contributed by atoms with van der Waals surface area (Å²) in [5.41, 5.74) is 6.03. The Hall–Kier alpha value is -2.96. The van der Waals surface area contributed by atoms with Gasteiger partial charge in [-0.05, 0) is 77.9 Å². The summed E-state index contributed by atoms with van der Waals surface area (Å²) in [6, 6.07) is 20.3. The molecule has 0 spiro atoms. The van der Waals surface area contributed by atoms with Gasteiger partial charge in [0.1, 0.15) is 0 Å². The van der Waals surface area contributed by atoms with Gasteiger partial charge in [0, 0.05) is 17.3 Å². The second kappa shape index (κ2) is 6.83. The fraction of sp³-hybridized carbons (Fsp3) is 0.174. The summed E-state index contributed by atoms with van der Waals surface area (Å²) < 4.78 is 27.1. The predicted molar refractivity (Wildman–Crippen MR) is 112 cm³/mol. The Morgan fingerprint density at radius 1 is 0.862 bits per heavy atom. The predicted octanol–water partition coefficient (Wildman–Crippen LogP) is 3.95. The van der Waals surface area contributed by atoms with Crippen LogP contribution >= 0.6 is 0 Å². The fourth-order valence-electron chi connectivity index (χ4n) is 3.68. The van der Waals surface area contributed by atoms with Crippen molar-refractivity contribution in [2.75, 3.05) is 5.32 Å². The van der Waals surface area contributed by atoms with Crippen LogP contribution in [0.15, 0.2) is 71.6 Å². The van der Waals surface area contributed by atoms with Gasteiger partial charge in [0.05, 0.1) is 4.90 Å². The molecule has 146 valence electrons. The molecule has 0 unspecified atom stereocenters. The lowest BCUT2D eigenvalue weighted by molar-refractivity contribution is 0.102. The first-order valence-corrected chi connectivity index (χ1v) is 11.1. The lowest BCUT2D eigenvalue weighted by Crippen LogP contribution is -2.25. The smallest absolute Gasteiger partial charge is 0.255 e. The van der Waals surface area contributed by atoms with Gasteiger partial charge < -0.3 is 5.32 Å². The highest BCUT2D eigenvalue weighted by molar-refractivity contribution is 7.89. The van der Waals surface area contributed by atoms with E-state index in [0.717, 1.165) is 30.5 Å². The van der Waals surface area contributed by atoms with Crippen LogP contribution in [0.1, 0.15) is 34.3 Å². The number of sulfonamides is 1. The van der Waals surface area contributed by atoms with Gasteiger partial charge in [-0.15, -0.1) is 0 Å². The van der Waals surface area contributed by atoms with Crippen LogP contribution in [0.25, 0.3) is 11.1 Å². The molecule has 0 heterocycles. The van der Waals surface area contributed by atoms with Crippen LogP contribution in [-0.2, 0) is 16.4 Å². The summed E-state index contributed by atoms with van der Waals surface area (Å²) >= 11 is 0. The zero-order valence-electron chi connectivity index (χ0n) is 15.7. The van der Waals surface area contributed by atoms with Crippen molar-refractivity contribution in [1.82, 2.24) is 4.72 Å². The molecule has 3 aromatic rings. The number of hydrogen-bond donors (Lipinski definition) is 2. The molecule has 1 amide bonds. The lowest BCUT2D eigenvalue weighted by Gasteiger charge is -2.09. The highest BCUT2D eigenvalue weighted by atomic mass is 32.2. The molecule has 0 saturated heterocycles. The van der Waals surface area contributed by atoms with Crippen molar-refractivity contribution in [3.8, 4) is 11.1 Å². The van der Waals surface area contributed by atoms with Crippen molar-refractivity contribution >= 4 is 21.6 Å². The molecule has 1 fully saturated rings. The van der Waals surface area contributed by atoms with E-state index in [1.165, 1.54) is 28.8 Å². The number of rotatable bonds is 5. The molecule has 2 aliphatic carbocycles. The van der Waals surface area contributed by atoms with Gasteiger partial charge in [-0.2, -0.15) is 0 Å². The van der Waals surface area contributed by atoms with E-state index < -0.39 is 10.0 Å². The Kier molecular flexibility index (Phi) is 4.26. The number of fused-ring (bicyclic) bond motifs is 3. The molecule has 0 bridgehead atoms. The molecule has 2 N–H and O–H groups in total. The number of hydrogen-bond acceptors (Lipinski definition) is 3. The Morgan fingerprint density at radius 3 is 2.34 bits per heavy atom. The minimum atomic E-state index is -3.52. The van der Waals surface area contributed by atoms with Crippen LogP contribution in [0.2, 0.25) is 0 Å². The van der Waals surface area contributed by atoms with E-state index in [4.69, 9.17) is 0 Å². The highest BCUT2D eigenvalue weighted by Crippen LogP contribution is 2.37. The van der Waals surface area contributed by atoms with E-state index in [0.29, 0.717) is 5.56 Å². The molecular weight excluding hydrogens is 384 g/mol. The SMILES string of the molecule is O=C(Nc1ccc2c(c1)-c1ccccc1C2)c1ccc(S(=O)(=O)NC2CC2)cc1.